The minimum absolute atomic E-state index is 0.0368. The van der Waals surface area contributed by atoms with Gasteiger partial charge in [-0.05, 0) is 56.7 Å². The summed E-state index contributed by atoms with van der Waals surface area (Å²) in [7, 11) is 0. The third kappa shape index (κ3) is 6.66. The number of anilines is 1. The van der Waals surface area contributed by atoms with Crippen LogP contribution >= 0.6 is 23.2 Å². The summed E-state index contributed by atoms with van der Waals surface area (Å²) in [5, 5.41) is 7.44. The molecule has 0 unspecified atom stereocenters. The summed E-state index contributed by atoms with van der Waals surface area (Å²) in [6, 6.07) is 6.38. The summed E-state index contributed by atoms with van der Waals surface area (Å²) in [5.41, 5.74) is 2.29. The van der Waals surface area contributed by atoms with E-state index in [-0.39, 0.29) is 17.9 Å². The van der Waals surface area contributed by atoms with Crippen LogP contribution in [0.25, 0.3) is 0 Å². The summed E-state index contributed by atoms with van der Waals surface area (Å²) in [4.78, 5) is 37.7. The fourth-order valence-corrected chi connectivity index (χ4v) is 5.47. The lowest BCUT2D eigenvalue weighted by molar-refractivity contribution is -0.120. The van der Waals surface area contributed by atoms with Crippen molar-refractivity contribution in [2.45, 2.75) is 58.0 Å². The second-order valence-corrected chi connectivity index (χ2v) is 10.5. The second-order valence-electron chi connectivity index (χ2n) is 9.66. The predicted molar refractivity (Wildman–Crippen MR) is 143 cm³/mol. The molecule has 0 aliphatic carbocycles. The highest BCUT2D eigenvalue weighted by Gasteiger charge is 2.31. The molecule has 0 saturated carbocycles. The lowest BCUT2D eigenvalue weighted by Gasteiger charge is -2.41. The zero-order chi connectivity index (χ0) is 25.7. The molecule has 1 aromatic heterocycles. The average Bonchev–Trinajstić information content (AvgIpc) is 2.87. The molecular formula is C26H34Cl2N6O2. The molecule has 2 aromatic rings. The van der Waals surface area contributed by atoms with Crippen LogP contribution in [0.2, 0.25) is 10.0 Å². The van der Waals surface area contributed by atoms with Gasteiger partial charge in [-0.2, -0.15) is 0 Å². The van der Waals surface area contributed by atoms with Gasteiger partial charge in [0.05, 0.1) is 10.0 Å². The number of benzene rings is 1. The van der Waals surface area contributed by atoms with Gasteiger partial charge < -0.3 is 20.4 Å². The van der Waals surface area contributed by atoms with Crippen LogP contribution in [0.4, 0.5) is 5.82 Å². The molecule has 4 rings (SSSR count). The molecule has 2 saturated heterocycles. The maximum atomic E-state index is 13.3. The van der Waals surface area contributed by atoms with Crippen molar-refractivity contribution in [1.29, 1.82) is 0 Å². The van der Waals surface area contributed by atoms with Gasteiger partial charge in [0.25, 0.3) is 5.91 Å². The Balaban J connectivity index is 1.28. The van der Waals surface area contributed by atoms with E-state index in [1.165, 1.54) is 6.33 Å². The molecule has 0 radical (unpaired) electrons. The van der Waals surface area contributed by atoms with E-state index < -0.39 is 0 Å². The first-order chi connectivity index (χ1) is 17.3. The molecule has 2 amide bonds. The van der Waals surface area contributed by atoms with Crippen molar-refractivity contribution in [3.8, 4) is 0 Å². The molecule has 0 spiro atoms. The maximum Gasteiger partial charge on any atom is 0.272 e. The minimum atomic E-state index is -0.0368. The Kier molecular flexibility index (Phi) is 9.04. The quantitative estimate of drug-likeness (QED) is 0.560. The van der Waals surface area contributed by atoms with Crippen LogP contribution in [0.5, 0.6) is 0 Å². The largest absolute Gasteiger partial charge is 0.369 e. The summed E-state index contributed by atoms with van der Waals surface area (Å²) in [6.45, 7) is 7.54. The Morgan fingerprint density at radius 3 is 2.42 bits per heavy atom. The number of carbonyl (C=O) groups excluding carboxylic acids is 2. The zero-order valence-corrected chi connectivity index (χ0v) is 22.4. The van der Waals surface area contributed by atoms with Gasteiger partial charge in [0.15, 0.2) is 0 Å². The SMILES string of the molecule is CC(=O)NC1CCN(C2CCN(C(=O)c3ncnc(NCCc4ccc(Cl)c(Cl)c4)c3C)CC2)CC1. The number of hydrogen-bond donors (Lipinski definition) is 2. The van der Waals surface area contributed by atoms with Gasteiger partial charge in [-0.15, -0.1) is 0 Å². The van der Waals surface area contributed by atoms with E-state index in [0.717, 1.165) is 69.4 Å². The Hall–Kier alpha value is -2.42. The van der Waals surface area contributed by atoms with Crippen LogP contribution in [0.15, 0.2) is 24.5 Å². The number of nitrogens with zero attached hydrogens (tertiary/aromatic N) is 4. The van der Waals surface area contributed by atoms with E-state index in [2.05, 4.69) is 25.5 Å². The summed E-state index contributed by atoms with van der Waals surface area (Å²) >= 11 is 12.1. The molecule has 2 aliphatic rings. The predicted octanol–water partition coefficient (Wildman–Crippen LogP) is 3.95. The third-order valence-corrected chi connectivity index (χ3v) is 7.92. The van der Waals surface area contributed by atoms with Crippen LogP contribution in [-0.2, 0) is 11.2 Å². The van der Waals surface area contributed by atoms with Crippen molar-refractivity contribution in [2.75, 3.05) is 38.0 Å². The number of halogens is 2. The summed E-state index contributed by atoms with van der Waals surface area (Å²) in [5.74, 6) is 0.681. The first-order valence-corrected chi connectivity index (χ1v) is 13.4. The molecule has 8 nitrogen and oxygen atoms in total. The molecule has 2 aliphatic heterocycles. The average molecular weight is 534 g/mol. The van der Waals surface area contributed by atoms with Crippen molar-refractivity contribution in [2.24, 2.45) is 0 Å². The fourth-order valence-electron chi connectivity index (χ4n) is 5.14. The minimum Gasteiger partial charge on any atom is -0.369 e. The standard InChI is InChI=1S/C26H34Cl2N6O2/c1-17-24(30-16-31-25(17)29-10-5-19-3-4-22(27)23(28)15-19)26(36)34-13-8-21(9-14-34)33-11-6-20(7-12-33)32-18(2)35/h3-4,15-16,20-21H,5-14H2,1-2H3,(H,32,35)(H,29,30,31). The number of rotatable bonds is 7. The van der Waals surface area contributed by atoms with Crippen molar-refractivity contribution in [3.63, 3.8) is 0 Å². The van der Waals surface area contributed by atoms with E-state index in [1.807, 2.05) is 24.0 Å². The Bertz CT molecular complexity index is 1080. The van der Waals surface area contributed by atoms with Crippen LogP contribution in [0.3, 0.4) is 0 Å². The highest BCUT2D eigenvalue weighted by atomic mass is 35.5. The van der Waals surface area contributed by atoms with Crippen LogP contribution in [-0.4, -0.2) is 76.4 Å². The van der Waals surface area contributed by atoms with Gasteiger partial charge in [0.2, 0.25) is 5.91 Å². The number of piperidine rings is 2. The molecule has 194 valence electrons. The summed E-state index contributed by atoms with van der Waals surface area (Å²) in [6.07, 6.45) is 6.08. The monoisotopic (exact) mass is 532 g/mol. The van der Waals surface area contributed by atoms with E-state index in [9.17, 15) is 9.59 Å². The van der Waals surface area contributed by atoms with Gasteiger partial charge in [-0.3, -0.25) is 9.59 Å². The van der Waals surface area contributed by atoms with Gasteiger partial charge in [-0.25, -0.2) is 9.97 Å². The molecule has 2 N–H and O–H groups in total. The van der Waals surface area contributed by atoms with Gasteiger partial charge in [0.1, 0.15) is 17.8 Å². The topological polar surface area (TPSA) is 90.5 Å². The first kappa shape index (κ1) is 26.6. The molecule has 10 heteroatoms. The molecule has 36 heavy (non-hydrogen) atoms. The highest BCUT2D eigenvalue weighted by molar-refractivity contribution is 6.42. The van der Waals surface area contributed by atoms with Crippen molar-refractivity contribution >= 4 is 40.8 Å². The zero-order valence-electron chi connectivity index (χ0n) is 20.9. The Labute approximate surface area is 222 Å². The van der Waals surface area contributed by atoms with Crippen LogP contribution < -0.4 is 10.6 Å². The van der Waals surface area contributed by atoms with Crippen molar-refractivity contribution < 1.29 is 9.59 Å². The third-order valence-electron chi connectivity index (χ3n) is 7.18. The fraction of sp³-hybridized carbons (Fsp3) is 0.538. The summed E-state index contributed by atoms with van der Waals surface area (Å²) < 4.78 is 0. The van der Waals surface area contributed by atoms with Gasteiger partial charge in [-0.1, -0.05) is 29.3 Å². The van der Waals surface area contributed by atoms with Crippen LogP contribution in [0.1, 0.15) is 54.2 Å². The molecule has 0 bridgehead atoms. The van der Waals surface area contributed by atoms with E-state index >= 15 is 0 Å². The molecule has 0 atom stereocenters. The lowest BCUT2D eigenvalue weighted by atomic mass is 9.97. The lowest BCUT2D eigenvalue weighted by Crippen LogP contribution is -2.51. The number of carbonyl (C=O) groups is 2. The number of amides is 2. The van der Waals surface area contributed by atoms with Crippen molar-refractivity contribution in [1.82, 2.24) is 25.1 Å². The van der Waals surface area contributed by atoms with E-state index in [1.54, 1.807) is 13.0 Å². The highest BCUT2D eigenvalue weighted by Crippen LogP contribution is 2.25. The Morgan fingerprint density at radius 2 is 1.75 bits per heavy atom. The van der Waals surface area contributed by atoms with E-state index in [4.69, 9.17) is 23.2 Å². The first-order valence-electron chi connectivity index (χ1n) is 12.6. The smallest absolute Gasteiger partial charge is 0.272 e. The second kappa shape index (κ2) is 12.2. The molecule has 3 heterocycles. The molecule has 1 aromatic carbocycles. The van der Waals surface area contributed by atoms with Crippen LogP contribution in [0, 0.1) is 6.92 Å². The molecule has 2 fully saturated rings. The van der Waals surface area contributed by atoms with Crippen molar-refractivity contribution in [3.05, 3.63) is 51.4 Å². The number of likely N-dealkylation sites (tertiary alicyclic amines) is 2. The Morgan fingerprint density at radius 1 is 1.03 bits per heavy atom. The maximum absolute atomic E-state index is 13.3. The number of nitrogens with one attached hydrogen (secondary N) is 2. The van der Waals surface area contributed by atoms with E-state index in [0.29, 0.717) is 34.1 Å². The van der Waals surface area contributed by atoms with Gasteiger partial charge >= 0.3 is 0 Å². The molecular weight excluding hydrogens is 499 g/mol. The number of hydrogen-bond acceptors (Lipinski definition) is 6. The number of aromatic nitrogens is 2. The van der Waals surface area contributed by atoms with Gasteiger partial charge in [0, 0.05) is 57.3 Å². The normalized spacial score (nSPS) is 17.7.